The van der Waals surface area contributed by atoms with Crippen LogP contribution < -0.4 is 0 Å². The van der Waals surface area contributed by atoms with Gasteiger partial charge in [0.15, 0.2) is 0 Å². The lowest BCUT2D eigenvalue weighted by atomic mass is 10.2. The SMILES string of the molecule is CN(Cc1cccs1)C(=O)C1CN(Cc2ccccc2)CCO1. The van der Waals surface area contributed by atoms with E-state index in [1.165, 1.54) is 10.4 Å². The zero-order valence-electron chi connectivity index (χ0n) is 13.4. The summed E-state index contributed by atoms with van der Waals surface area (Å²) in [4.78, 5) is 17.9. The van der Waals surface area contributed by atoms with Gasteiger partial charge < -0.3 is 9.64 Å². The van der Waals surface area contributed by atoms with Crippen LogP contribution in [-0.4, -0.2) is 48.6 Å². The third kappa shape index (κ3) is 4.41. The van der Waals surface area contributed by atoms with Crippen molar-refractivity contribution in [3.05, 3.63) is 58.3 Å². The molecular weight excluding hydrogens is 308 g/mol. The molecular formula is C18H22N2O2S. The maximum atomic E-state index is 12.6. The van der Waals surface area contributed by atoms with Crippen LogP contribution in [0.25, 0.3) is 0 Å². The molecule has 0 saturated carbocycles. The lowest BCUT2D eigenvalue weighted by Crippen LogP contribution is -2.49. The summed E-state index contributed by atoms with van der Waals surface area (Å²) in [7, 11) is 1.85. The lowest BCUT2D eigenvalue weighted by molar-refractivity contribution is -0.148. The quantitative estimate of drug-likeness (QED) is 0.845. The van der Waals surface area contributed by atoms with Crippen molar-refractivity contribution in [2.24, 2.45) is 0 Å². The average Bonchev–Trinajstić information content (AvgIpc) is 3.08. The van der Waals surface area contributed by atoms with Crippen molar-refractivity contribution >= 4 is 17.2 Å². The summed E-state index contributed by atoms with van der Waals surface area (Å²) < 4.78 is 5.72. The first-order valence-electron chi connectivity index (χ1n) is 7.87. The Morgan fingerprint density at radius 3 is 2.87 bits per heavy atom. The lowest BCUT2D eigenvalue weighted by Gasteiger charge is -2.34. The maximum Gasteiger partial charge on any atom is 0.253 e. The zero-order valence-corrected chi connectivity index (χ0v) is 14.2. The number of hydrogen-bond donors (Lipinski definition) is 0. The van der Waals surface area contributed by atoms with Gasteiger partial charge in [-0.05, 0) is 17.0 Å². The van der Waals surface area contributed by atoms with Crippen molar-refractivity contribution in [2.75, 3.05) is 26.7 Å². The number of ether oxygens (including phenoxy) is 1. The van der Waals surface area contributed by atoms with Gasteiger partial charge in [0.2, 0.25) is 0 Å². The Bertz CT molecular complexity index is 615. The van der Waals surface area contributed by atoms with Gasteiger partial charge >= 0.3 is 0 Å². The molecule has 0 aliphatic carbocycles. The molecule has 4 nitrogen and oxygen atoms in total. The third-order valence-electron chi connectivity index (χ3n) is 4.02. The van der Waals surface area contributed by atoms with Gasteiger partial charge in [-0.2, -0.15) is 0 Å². The summed E-state index contributed by atoms with van der Waals surface area (Å²) in [6.07, 6.45) is -0.363. The molecule has 0 spiro atoms. The topological polar surface area (TPSA) is 32.8 Å². The molecule has 23 heavy (non-hydrogen) atoms. The number of carbonyl (C=O) groups is 1. The van der Waals surface area contributed by atoms with Crippen LogP contribution in [0.1, 0.15) is 10.4 Å². The molecule has 1 aliphatic heterocycles. The summed E-state index contributed by atoms with van der Waals surface area (Å²) in [5, 5.41) is 2.03. The molecule has 0 bridgehead atoms. The number of nitrogens with zero attached hydrogens (tertiary/aromatic N) is 2. The van der Waals surface area contributed by atoms with E-state index >= 15 is 0 Å². The van der Waals surface area contributed by atoms with Crippen molar-refractivity contribution in [1.29, 1.82) is 0 Å². The number of hydrogen-bond acceptors (Lipinski definition) is 4. The number of amides is 1. The predicted octanol–water partition coefficient (Wildman–Crippen LogP) is 2.61. The Morgan fingerprint density at radius 1 is 1.30 bits per heavy atom. The van der Waals surface area contributed by atoms with E-state index in [0.717, 1.165) is 13.1 Å². The van der Waals surface area contributed by atoms with Crippen LogP contribution in [0.4, 0.5) is 0 Å². The second-order valence-electron chi connectivity index (χ2n) is 5.85. The van der Waals surface area contributed by atoms with E-state index < -0.39 is 0 Å². The van der Waals surface area contributed by atoms with Crippen molar-refractivity contribution in [3.8, 4) is 0 Å². The highest BCUT2D eigenvalue weighted by Gasteiger charge is 2.29. The highest BCUT2D eigenvalue weighted by Crippen LogP contribution is 2.15. The molecule has 0 radical (unpaired) electrons. The molecule has 1 unspecified atom stereocenters. The second-order valence-corrected chi connectivity index (χ2v) is 6.89. The van der Waals surface area contributed by atoms with Crippen LogP contribution in [0.15, 0.2) is 47.8 Å². The van der Waals surface area contributed by atoms with E-state index in [9.17, 15) is 4.79 Å². The molecule has 3 rings (SSSR count). The number of morpholine rings is 1. The van der Waals surface area contributed by atoms with Crippen LogP contribution in [-0.2, 0) is 22.6 Å². The van der Waals surface area contributed by atoms with E-state index in [0.29, 0.717) is 19.7 Å². The molecule has 1 saturated heterocycles. The first kappa shape index (κ1) is 16.2. The normalized spacial score (nSPS) is 18.7. The minimum atomic E-state index is -0.363. The largest absolute Gasteiger partial charge is 0.366 e. The van der Waals surface area contributed by atoms with Gasteiger partial charge in [0, 0.05) is 31.6 Å². The van der Waals surface area contributed by atoms with E-state index in [-0.39, 0.29) is 12.0 Å². The van der Waals surface area contributed by atoms with Crippen LogP contribution in [0.2, 0.25) is 0 Å². The Hall–Kier alpha value is -1.69. The van der Waals surface area contributed by atoms with Gasteiger partial charge in [-0.25, -0.2) is 0 Å². The highest BCUT2D eigenvalue weighted by molar-refractivity contribution is 7.09. The summed E-state index contributed by atoms with van der Waals surface area (Å²) in [5.74, 6) is 0.0659. The molecule has 1 atom stereocenters. The number of thiophene rings is 1. The Kier molecular flexibility index (Phi) is 5.43. The summed E-state index contributed by atoms with van der Waals surface area (Å²) >= 11 is 1.67. The minimum absolute atomic E-state index is 0.0659. The second kappa shape index (κ2) is 7.73. The Balaban J connectivity index is 1.56. The van der Waals surface area contributed by atoms with Crippen molar-refractivity contribution in [2.45, 2.75) is 19.2 Å². The number of benzene rings is 1. The highest BCUT2D eigenvalue weighted by atomic mass is 32.1. The number of likely N-dealkylation sites (N-methyl/N-ethyl adjacent to an activating group) is 1. The first-order chi connectivity index (χ1) is 11.2. The Labute approximate surface area is 141 Å². The van der Waals surface area contributed by atoms with Gasteiger partial charge in [-0.15, -0.1) is 11.3 Å². The average molecular weight is 330 g/mol. The zero-order chi connectivity index (χ0) is 16.1. The van der Waals surface area contributed by atoms with Crippen LogP contribution in [0, 0.1) is 0 Å². The smallest absolute Gasteiger partial charge is 0.253 e. The Morgan fingerprint density at radius 2 is 2.13 bits per heavy atom. The van der Waals surface area contributed by atoms with Crippen molar-refractivity contribution in [3.63, 3.8) is 0 Å². The fourth-order valence-corrected chi connectivity index (χ4v) is 3.55. The molecule has 0 N–H and O–H groups in total. The van der Waals surface area contributed by atoms with Gasteiger partial charge in [0.25, 0.3) is 5.91 Å². The fourth-order valence-electron chi connectivity index (χ4n) is 2.80. The standard InChI is InChI=1S/C18H22N2O2S/c1-19(13-16-8-5-11-23-16)18(21)17-14-20(9-10-22-17)12-15-6-3-2-4-7-15/h2-8,11,17H,9-10,12-14H2,1H3. The van der Waals surface area contributed by atoms with Gasteiger partial charge in [-0.3, -0.25) is 9.69 Å². The van der Waals surface area contributed by atoms with Crippen LogP contribution >= 0.6 is 11.3 Å². The molecule has 1 amide bonds. The fraction of sp³-hybridized carbons (Fsp3) is 0.389. The molecule has 5 heteroatoms. The van der Waals surface area contributed by atoms with Gasteiger partial charge in [-0.1, -0.05) is 36.4 Å². The number of rotatable bonds is 5. The molecule has 1 aromatic carbocycles. The van der Waals surface area contributed by atoms with Gasteiger partial charge in [0.05, 0.1) is 13.2 Å². The maximum absolute atomic E-state index is 12.6. The van der Waals surface area contributed by atoms with Crippen LogP contribution in [0.5, 0.6) is 0 Å². The van der Waals surface area contributed by atoms with Crippen LogP contribution in [0.3, 0.4) is 0 Å². The summed E-state index contributed by atoms with van der Waals surface area (Å²) in [6.45, 7) is 3.64. The number of carbonyl (C=O) groups excluding carboxylic acids is 1. The minimum Gasteiger partial charge on any atom is -0.366 e. The van der Waals surface area contributed by atoms with E-state index in [2.05, 4.69) is 23.1 Å². The van der Waals surface area contributed by atoms with Crippen molar-refractivity contribution in [1.82, 2.24) is 9.80 Å². The monoisotopic (exact) mass is 330 g/mol. The van der Waals surface area contributed by atoms with E-state index in [4.69, 9.17) is 4.74 Å². The molecule has 1 fully saturated rings. The predicted molar refractivity (Wildman–Crippen MR) is 92.3 cm³/mol. The summed E-state index contributed by atoms with van der Waals surface area (Å²) in [6, 6.07) is 14.4. The van der Waals surface area contributed by atoms with Gasteiger partial charge in [0.1, 0.15) is 6.10 Å². The van der Waals surface area contributed by atoms with E-state index in [1.54, 1.807) is 16.2 Å². The molecule has 2 aromatic rings. The molecule has 2 heterocycles. The van der Waals surface area contributed by atoms with Crippen molar-refractivity contribution < 1.29 is 9.53 Å². The van der Waals surface area contributed by atoms with E-state index in [1.807, 2.05) is 36.7 Å². The molecule has 1 aliphatic rings. The summed E-state index contributed by atoms with van der Waals surface area (Å²) in [5.41, 5.74) is 1.27. The first-order valence-corrected chi connectivity index (χ1v) is 8.75. The molecule has 122 valence electrons. The third-order valence-corrected chi connectivity index (χ3v) is 4.89. The molecule has 1 aromatic heterocycles.